The highest BCUT2D eigenvalue weighted by atomic mass is 16.3. The zero-order valence-corrected chi connectivity index (χ0v) is 5.72. The van der Waals surface area contributed by atoms with Crippen molar-refractivity contribution in [1.29, 1.82) is 0 Å². The molecule has 0 N–H and O–H groups in total. The molecule has 0 bridgehead atoms. The first kappa shape index (κ1) is 5.54. The Hall–Kier alpha value is -1.24. The van der Waals surface area contributed by atoms with Crippen LogP contribution in [0.5, 0.6) is 0 Å². The first-order valence-corrected chi connectivity index (χ1v) is 3.22. The summed E-state index contributed by atoms with van der Waals surface area (Å²) in [5.74, 6) is 0.953. The molecule has 0 atom stereocenters. The summed E-state index contributed by atoms with van der Waals surface area (Å²) in [5.41, 5.74) is 0.941. The van der Waals surface area contributed by atoms with Gasteiger partial charge < -0.3 is 4.42 Å². The van der Waals surface area contributed by atoms with E-state index in [-0.39, 0.29) is 0 Å². The fourth-order valence-electron chi connectivity index (χ4n) is 1.06. The van der Waals surface area contributed by atoms with Crippen LogP contribution in [0.4, 0.5) is 0 Å². The van der Waals surface area contributed by atoms with Crippen LogP contribution in [0.1, 0.15) is 5.76 Å². The van der Waals surface area contributed by atoms with E-state index in [1.165, 1.54) is 0 Å². The minimum atomic E-state index is 0.941. The summed E-state index contributed by atoms with van der Waals surface area (Å²) in [5, 5.41) is 1.12. The number of rotatable bonds is 0. The molecule has 1 nitrogen and oxygen atoms in total. The zero-order valence-electron chi connectivity index (χ0n) is 5.72. The molecule has 0 fully saturated rings. The topological polar surface area (TPSA) is 13.1 Å². The molecule has 2 rings (SSSR count). The highest BCUT2D eigenvalue weighted by Gasteiger charge is 1.95. The Labute approximate surface area is 59.3 Å². The second-order valence-electron chi connectivity index (χ2n) is 2.32. The van der Waals surface area contributed by atoms with E-state index < -0.39 is 0 Å². The van der Waals surface area contributed by atoms with E-state index in [9.17, 15) is 0 Å². The maximum absolute atomic E-state index is 5.35. The van der Waals surface area contributed by atoms with Crippen molar-refractivity contribution >= 4 is 11.0 Å². The van der Waals surface area contributed by atoms with Crippen LogP contribution in [0.3, 0.4) is 0 Å². The van der Waals surface area contributed by atoms with E-state index in [1.54, 1.807) is 0 Å². The van der Waals surface area contributed by atoms with E-state index in [2.05, 4.69) is 6.07 Å². The van der Waals surface area contributed by atoms with E-state index in [0.29, 0.717) is 0 Å². The highest BCUT2D eigenvalue weighted by Crippen LogP contribution is 2.16. The summed E-state index contributed by atoms with van der Waals surface area (Å²) in [6.07, 6.45) is 0. The molecule has 1 aromatic carbocycles. The average molecular weight is 131 g/mol. The van der Waals surface area contributed by atoms with Crippen LogP contribution in [0.25, 0.3) is 11.0 Å². The predicted octanol–water partition coefficient (Wildman–Crippen LogP) is 2.54. The lowest BCUT2D eigenvalue weighted by Gasteiger charge is -1.81. The van der Waals surface area contributed by atoms with Gasteiger partial charge in [-0.15, -0.1) is 0 Å². The first-order valence-electron chi connectivity index (χ1n) is 3.22. The van der Waals surface area contributed by atoms with Crippen LogP contribution in [-0.4, -0.2) is 0 Å². The summed E-state index contributed by atoms with van der Waals surface area (Å²) in [7, 11) is 0. The molecular weight excluding hydrogens is 124 g/mol. The lowest BCUT2D eigenvalue weighted by Crippen LogP contribution is -1.58. The Balaban J connectivity index is 2.88. The molecule has 0 aliphatic rings. The van der Waals surface area contributed by atoms with Crippen LogP contribution in [0.2, 0.25) is 0 Å². The van der Waals surface area contributed by atoms with Gasteiger partial charge in [-0.1, -0.05) is 6.07 Å². The monoisotopic (exact) mass is 131 g/mol. The van der Waals surface area contributed by atoms with Gasteiger partial charge in [-0.25, -0.2) is 0 Å². The summed E-state index contributed by atoms with van der Waals surface area (Å²) in [6.45, 7) is 1.94. The zero-order chi connectivity index (χ0) is 6.97. The Kier molecular flexibility index (Phi) is 1.04. The van der Waals surface area contributed by atoms with Crippen molar-refractivity contribution in [2.45, 2.75) is 6.92 Å². The van der Waals surface area contributed by atoms with Gasteiger partial charge in [-0.3, -0.25) is 0 Å². The third-order valence-electron chi connectivity index (χ3n) is 1.48. The molecule has 0 spiro atoms. The normalized spacial score (nSPS) is 10.5. The third-order valence-corrected chi connectivity index (χ3v) is 1.48. The van der Waals surface area contributed by atoms with E-state index in [0.717, 1.165) is 16.7 Å². The molecule has 1 radical (unpaired) electrons. The maximum Gasteiger partial charge on any atom is 0.134 e. The van der Waals surface area contributed by atoms with Gasteiger partial charge in [0.25, 0.3) is 0 Å². The van der Waals surface area contributed by atoms with Gasteiger partial charge in [0.15, 0.2) is 0 Å². The molecule has 0 unspecified atom stereocenters. The largest absolute Gasteiger partial charge is 0.461 e. The van der Waals surface area contributed by atoms with Crippen LogP contribution in [0, 0.1) is 13.0 Å². The number of hydrogen-bond acceptors (Lipinski definition) is 1. The second-order valence-corrected chi connectivity index (χ2v) is 2.32. The van der Waals surface area contributed by atoms with Crippen molar-refractivity contribution in [3.63, 3.8) is 0 Å². The Bertz CT molecular complexity index is 313. The fraction of sp³-hybridized carbons (Fsp3) is 0.111. The van der Waals surface area contributed by atoms with Gasteiger partial charge in [-0.2, -0.15) is 0 Å². The highest BCUT2D eigenvalue weighted by molar-refractivity contribution is 5.77. The number of aryl methyl sites for hydroxylation is 1. The molecule has 49 valence electrons. The Morgan fingerprint density at radius 3 is 3.20 bits per heavy atom. The smallest absolute Gasteiger partial charge is 0.134 e. The lowest BCUT2D eigenvalue weighted by atomic mass is 10.2. The van der Waals surface area contributed by atoms with Gasteiger partial charge in [0.1, 0.15) is 11.3 Å². The molecule has 0 saturated heterocycles. The minimum absolute atomic E-state index is 0.941. The Morgan fingerprint density at radius 1 is 1.50 bits per heavy atom. The van der Waals surface area contributed by atoms with Crippen LogP contribution >= 0.6 is 0 Å². The predicted molar refractivity (Wildman–Crippen MR) is 39.8 cm³/mol. The average Bonchev–Trinajstić information content (AvgIpc) is 2.27. The van der Waals surface area contributed by atoms with E-state index in [1.807, 2.05) is 31.2 Å². The number of benzene rings is 1. The van der Waals surface area contributed by atoms with Crippen molar-refractivity contribution < 1.29 is 4.42 Å². The van der Waals surface area contributed by atoms with E-state index >= 15 is 0 Å². The van der Waals surface area contributed by atoms with Gasteiger partial charge in [0, 0.05) is 5.39 Å². The van der Waals surface area contributed by atoms with Gasteiger partial charge >= 0.3 is 0 Å². The summed E-state index contributed by atoms with van der Waals surface area (Å²) in [4.78, 5) is 0. The summed E-state index contributed by atoms with van der Waals surface area (Å²) >= 11 is 0. The fourth-order valence-corrected chi connectivity index (χ4v) is 1.06. The lowest BCUT2D eigenvalue weighted by molar-refractivity contribution is 0.578. The molecule has 0 saturated carbocycles. The van der Waals surface area contributed by atoms with Crippen molar-refractivity contribution in [2.24, 2.45) is 0 Å². The quantitative estimate of drug-likeness (QED) is 0.535. The number of fused-ring (bicyclic) bond motifs is 1. The number of hydrogen-bond donors (Lipinski definition) is 0. The molecule has 0 aliphatic heterocycles. The third kappa shape index (κ3) is 0.711. The first-order chi connectivity index (χ1) is 4.86. The van der Waals surface area contributed by atoms with Crippen LogP contribution in [-0.2, 0) is 0 Å². The molecule has 0 amide bonds. The molecule has 10 heavy (non-hydrogen) atoms. The molecular formula is C9H7O. The Morgan fingerprint density at radius 2 is 2.40 bits per heavy atom. The van der Waals surface area contributed by atoms with Gasteiger partial charge in [-0.05, 0) is 31.2 Å². The van der Waals surface area contributed by atoms with Crippen LogP contribution in [0.15, 0.2) is 28.7 Å². The second kappa shape index (κ2) is 1.87. The minimum Gasteiger partial charge on any atom is -0.461 e. The van der Waals surface area contributed by atoms with Crippen LogP contribution < -0.4 is 0 Å². The summed E-state index contributed by atoms with van der Waals surface area (Å²) in [6, 6.07) is 10.7. The molecule has 1 heterocycles. The van der Waals surface area contributed by atoms with Gasteiger partial charge in [0.2, 0.25) is 0 Å². The SMILES string of the molecule is Cc1cc2c[c]ccc2o1. The molecule has 1 heteroatoms. The van der Waals surface area contributed by atoms with Gasteiger partial charge in [0.05, 0.1) is 0 Å². The van der Waals surface area contributed by atoms with Crippen molar-refractivity contribution in [3.8, 4) is 0 Å². The molecule has 0 aliphatic carbocycles. The summed E-state index contributed by atoms with van der Waals surface area (Å²) < 4.78 is 5.35. The van der Waals surface area contributed by atoms with Crippen molar-refractivity contribution in [3.05, 3.63) is 36.1 Å². The maximum atomic E-state index is 5.35. The molecule has 2 aromatic rings. The van der Waals surface area contributed by atoms with Crippen molar-refractivity contribution in [1.82, 2.24) is 0 Å². The van der Waals surface area contributed by atoms with E-state index in [4.69, 9.17) is 4.42 Å². The molecule has 1 aromatic heterocycles. The van der Waals surface area contributed by atoms with Crippen molar-refractivity contribution in [2.75, 3.05) is 0 Å². The standard InChI is InChI=1S/C9H7O/c1-7-6-8-4-2-3-5-9(8)10-7/h3-6H,1H3. The number of furan rings is 1.